The van der Waals surface area contributed by atoms with Crippen LogP contribution >= 0.6 is 0 Å². The largest absolute Gasteiger partial charge is 1.00 e. The van der Waals surface area contributed by atoms with Crippen LogP contribution in [0.1, 0.15) is 22.1 Å². The van der Waals surface area contributed by atoms with E-state index in [-0.39, 0.29) is 13.1 Å². The van der Waals surface area contributed by atoms with Gasteiger partial charge >= 0.3 is 13.4 Å². The van der Waals surface area contributed by atoms with E-state index in [1.165, 1.54) is 12.1 Å². The number of rotatable bonds is 3. The van der Waals surface area contributed by atoms with Gasteiger partial charge in [-0.05, 0) is 18.2 Å². The van der Waals surface area contributed by atoms with Gasteiger partial charge < -0.3 is 14.2 Å². The molecule has 2 aliphatic heterocycles. The molecule has 5 nitrogen and oxygen atoms in total. The maximum absolute atomic E-state index is 11.3. The predicted octanol–water partition coefficient (Wildman–Crippen LogP) is 0.887. The molecule has 5 heteroatoms. The number of ether oxygens (including phenoxy) is 3. The summed E-state index contributed by atoms with van der Waals surface area (Å²) in [5.74, 6) is -0.675. The minimum absolute atomic E-state index is 0. The molecule has 0 N–H and O–H groups in total. The van der Waals surface area contributed by atoms with Crippen LogP contribution in [0.4, 0.5) is 0 Å². The highest BCUT2D eigenvalue weighted by Gasteiger charge is 2.30. The van der Waals surface area contributed by atoms with Crippen LogP contribution in [-0.4, -0.2) is 31.3 Å². The Labute approximate surface area is 92.4 Å². The lowest BCUT2D eigenvalue weighted by atomic mass is 10.1. The van der Waals surface area contributed by atoms with E-state index in [1.807, 2.05) is 0 Å². The molecule has 1 atom stereocenters. The molecule has 82 valence electrons. The zero-order valence-corrected chi connectivity index (χ0v) is 8.26. The Hall–Kier alpha value is -1.88. The molecule has 0 radical (unpaired) electrons. The lowest BCUT2D eigenvalue weighted by Crippen LogP contribution is -2.04. The number of hydrogen-bond donors (Lipinski definition) is 0. The monoisotopic (exact) mass is 221 g/mol. The van der Waals surface area contributed by atoms with Crippen molar-refractivity contribution in [2.75, 3.05) is 13.2 Å². The van der Waals surface area contributed by atoms with Crippen molar-refractivity contribution in [1.29, 1.82) is 0 Å². The number of carbonyl (C=O) groups is 2. The smallest absolute Gasteiger partial charge is 0.491 e. The second-order valence-electron chi connectivity index (χ2n) is 3.65. The van der Waals surface area contributed by atoms with Crippen LogP contribution in [0.5, 0.6) is 5.75 Å². The van der Waals surface area contributed by atoms with Gasteiger partial charge in [-0.1, -0.05) is 0 Å². The first-order valence-corrected chi connectivity index (χ1v) is 4.89. The van der Waals surface area contributed by atoms with Gasteiger partial charge in [0.1, 0.15) is 18.5 Å². The average molecular weight is 221 g/mol. The van der Waals surface area contributed by atoms with E-state index >= 15 is 0 Å². The quantitative estimate of drug-likeness (QED) is 0.430. The minimum atomic E-state index is -0.617. The van der Waals surface area contributed by atoms with E-state index in [0.29, 0.717) is 24.5 Å². The number of hydrogen-bond acceptors (Lipinski definition) is 5. The van der Waals surface area contributed by atoms with Crippen LogP contribution in [0.25, 0.3) is 0 Å². The van der Waals surface area contributed by atoms with Gasteiger partial charge in [0.2, 0.25) is 0 Å². The third kappa shape index (κ3) is 1.55. The summed E-state index contributed by atoms with van der Waals surface area (Å²) >= 11 is 0. The number of benzene rings is 1. The van der Waals surface area contributed by atoms with Crippen molar-refractivity contribution in [1.82, 2.24) is 0 Å². The lowest BCUT2D eigenvalue weighted by molar-refractivity contribution is 0.0443. The second kappa shape index (κ2) is 3.31. The van der Waals surface area contributed by atoms with Gasteiger partial charge in [-0.25, -0.2) is 9.59 Å². The molecule has 1 saturated heterocycles. The number of epoxide rings is 1. The fraction of sp³-hybridized carbons (Fsp3) is 0.273. The highest BCUT2D eigenvalue weighted by Crippen LogP contribution is 2.25. The van der Waals surface area contributed by atoms with Gasteiger partial charge in [0.25, 0.3) is 0 Å². The topological polar surface area (TPSA) is 65.1 Å². The Balaban J connectivity index is 0.00000108. The second-order valence-corrected chi connectivity index (χ2v) is 3.65. The van der Waals surface area contributed by atoms with Crippen LogP contribution < -0.4 is 4.74 Å². The lowest BCUT2D eigenvalue weighted by Gasteiger charge is -2.03. The van der Waals surface area contributed by atoms with Crippen LogP contribution in [0, 0.1) is 0 Å². The molecule has 1 aromatic carbocycles. The maximum atomic E-state index is 11.3. The zero-order chi connectivity index (χ0) is 11.1. The molecule has 2 aliphatic rings. The van der Waals surface area contributed by atoms with Crippen LogP contribution in [0.2, 0.25) is 0 Å². The SMILES string of the molecule is O=C1OC(=O)c2cc(OCC3CO3)ccc21.[H+]. The van der Waals surface area contributed by atoms with Gasteiger partial charge in [-0.2, -0.15) is 0 Å². The molecule has 3 rings (SSSR count). The Bertz CT molecular complexity index is 481. The molecule has 0 spiro atoms. The van der Waals surface area contributed by atoms with Gasteiger partial charge in [0, 0.05) is 0 Å². The molecular weight excluding hydrogens is 212 g/mol. The molecule has 1 aromatic rings. The first-order valence-electron chi connectivity index (χ1n) is 4.89. The summed E-state index contributed by atoms with van der Waals surface area (Å²) in [7, 11) is 0. The summed E-state index contributed by atoms with van der Waals surface area (Å²) in [6.07, 6.45) is 0.154. The molecule has 1 unspecified atom stereocenters. The zero-order valence-electron chi connectivity index (χ0n) is 9.26. The first-order chi connectivity index (χ1) is 7.74. The molecular formula is C11H9O5+. The number of cyclic esters (lactones) is 2. The average Bonchev–Trinajstić information content (AvgIpc) is 3.05. The molecule has 0 bridgehead atoms. The fourth-order valence-electron chi connectivity index (χ4n) is 1.51. The van der Waals surface area contributed by atoms with Crippen LogP contribution in [0.3, 0.4) is 0 Å². The van der Waals surface area contributed by atoms with E-state index in [9.17, 15) is 9.59 Å². The van der Waals surface area contributed by atoms with E-state index in [1.54, 1.807) is 6.07 Å². The van der Waals surface area contributed by atoms with Gasteiger partial charge in [-0.3, -0.25) is 0 Å². The maximum Gasteiger partial charge on any atom is 1.00 e. The van der Waals surface area contributed by atoms with Crippen LogP contribution in [0.15, 0.2) is 18.2 Å². The Morgan fingerprint density at radius 2 is 2.06 bits per heavy atom. The summed E-state index contributed by atoms with van der Waals surface area (Å²) in [6.45, 7) is 1.17. The summed E-state index contributed by atoms with van der Waals surface area (Å²) in [6, 6.07) is 4.69. The van der Waals surface area contributed by atoms with Crippen LogP contribution in [-0.2, 0) is 9.47 Å². The van der Waals surface area contributed by atoms with Gasteiger partial charge in [0.05, 0.1) is 17.7 Å². The molecule has 1 fully saturated rings. The summed E-state index contributed by atoms with van der Waals surface area (Å²) in [5.41, 5.74) is 0.555. The molecule has 0 aliphatic carbocycles. The van der Waals surface area contributed by atoms with Crippen molar-refractivity contribution in [3.05, 3.63) is 29.3 Å². The fourth-order valence-corrected chi connectivity index (χ4v) is 1.51. The highest BCUT2D eigenvalue weighted by molar-refractivity contribution is 6.14. The predicted molar refractivity (Wildman–Crippen MR) is 52.5 cm³/mol. The summed E-state index contributed by atoms with van der Waals surface area (Å²) in [4.78, 5) is 22.4. The molecule has 0 saturated carbocycles. The van der Waals surface area contributed by atoms with E-state index in [0.717, 1.165) is 0 Å². The number of carbonyl (C=O) groups excluding carboxylic acids is 2. The van der Waals surface area contributed by atoms with E-state index < -0.39 is 11.9 Å². The summed E-state index contributed by atoms with van der Waals surface area (Å²) < 4.78 is 14.9. The third-order valence-corrected chi connectivity index (χ3v) is 2.45. The number of esters is 2. The van der Waals surface area contributed by atoms with E-state index in [4.69, 9.17) is 9.47 Å². The van der Waals surface area contributed by atoms with Crippen molar-refractivity contribution in [2.45, 2.75) is 6.10 Å². The standard InChI is InChI=1S/C11H8O5/c12-10-8-2-1-6(14-4-7-5-15-7)3-9(8)11(13)16-10/h1-3,7H,4-5H2/p+1. The van der Waals surface area contributed by atoms with Crippen molar-refractivity contribution < 1.29 is 25.2 Å². The number of fused-ring (bicyclic) bond motifs is 1. The van der Waals surface area contributed by atoms with E-state index in [2.05, 4.69) is 4.74 Å². The van der Waals surface area contributed by atoms with Crippen molar-refractivity contribution in [3.63, 3.8) is 0 Å². The van der Waals surface area contributed by atoms with Crippen molar-refractivity contribution in [3.8, 4) is 5.75 Å². The summed E-state index contributed by atoms with van der Waals surface area (Å²) in [5, 5.41) is 0. The molecule has 0 amide bonds. The molecule has 16 heavy (non-hydrogen) atoms. The van der Waals surface area contributed by atoms with Crippen molar-refractivity contribution in [2.24, 2.45) is 0 Å². The molecule has 0 aromatic heterocycles. The highest BCUT2D eigenvalue weighted by atomic mass is 16.6. The Kier molecular flexibility index (Phi) is 1.94. The molecule has 2 heterocycles. The first kappa shape index (κ1) is 9.35. The van der Waals surface area contributed by atoms with Crippen molar-refractivity contribution >= 4 is 11.9 Å². The Morgan fingerprint density at radius 1 is 1.31 bits per heavy atom. The van der Waals surface area contributed by atoms with Gasteiger partial charge in [0.15, 0.2) is 0 Å². The Morgan fingerprint density at radius 3 is 2.81 bits per heavy atom. The normalized spacial score (nSPS) is 21.6. The third-order valence-electron chi connectivity index (χ3n) is 2.45. The van der Waals surface area contributed by atoms with Gasteiger partial charge in [-0.15, -0.1) is 0 Å². The minimum Gasteiger partial charge on any atom is -0.491 e.